The van der Waals surface area contributed by atoms with Gasteiger partial charge >= 0.3 is 0 Å². The first-order valence-electron chi connectivity index (χ1n) is 11.3. The van der Waals surface area contributed by atoms with Gasteiger partial charge in [0.2, 0.25) is 0 Å². The molecule has 0 saturated carbocycles. The zero-order valence-electron chi connectivity index (χ0n) is 18.6. The third kappa shape index (κ3) is 3.51. The zero-order valence-corrected chi connectivity index (χ0v) is 19.3. The topological polar surface area (TPSA) is 4.93 Å². The van der Waals surface area contributed by atoms with E-state index in [1.54, 1.807) is 0 Å². The van der Waals surface area contributed by atoms with E-state index in [-0.39, 0.29) is 0 Å². The van der Waals surface area contributed by atoms with E-state index in [9.17, 15) is 0 Å². The molecule has 0 unspecified atom stereocenters. The number of aromatic nitrogens is 1. The van der Waals surface area contributed by atoms with E-state index in [0.717, 1.165) is 21.8 Å². The van der Waals surface area contributed by atoms with E-state index in [4.69, 9.17) is 11.6 Å². The molecule has 0 aliphatic heterocycles. The Balaban J connectivity index is 1.62. The maximum atomic E-state index is 6.13. The molecule has 34 heavy (non-hydrogen) atoms. The summed E-state index contributed by atoms with van der Waals surface area (Å²) in [6, 6.07) is 40.6. The van der Waals surface area contributed by atoms with Crippen LogP contribution in [0, 0.1) is 0 Å². The summed E-state index contributed by atoms with van der Waals surface area (Å²) < 4.78 is 2.35. The number of hydrogen-bond donors (Lipinski definition) is 0. The highest BCUT2D eigenvalue weighted by atomic mass is 35.5. The van der Waals surface area contributed by atoms with Crippen molar-refractivity contribution in [1.29, 1.82) is 0 Å². The molecule has 0 aliphatic carbocycles. The molecule has 6 aromatic rings. The van der Waals surface area contributed by atoms with E-state index in [1.807, 2.05) is 18.2 Å². The minimum atomic E-state index is 0.748. The van der Waals surface area contributed by atoms with Crippen LogP contribution in [-0.4, -0.2) is 4.57 Å². The second-order valence-corrected chi connectivity index (χ2v) is 8.90. The average molecular weight is 456 g/mol. The van der Waals surface area contributed by atoms with E-state index >= 15 is 0 Å². The van der Waals surface area contributed by atoms with Gasteiger partial charge < -0.3 is 4.57 Å². The van der Waals surface area contributed by atoms with E-state index in [0.29, 0.717) is 0 Å². The number of halogens is 1. The number of nitrogens with zero attached hydrogens (tertiary/aromatic N) is 1. The lowest BCUT2D eigenvalue weighted by molar-refractivity contribution is 1.18. The lowest BCUT2D eigenvalue weighted by atomic mass is 10.00. The predicted molar refractivity (Wildman–Crippen MR) is 147 cm³/mol. The van der Waals surface area contributed by atoms with Crippen LogP contribution in [0.3, 0.4) is 0 Å². The molecular weight excluding hydrogens is 434 g/mol. The van der Waals surface area contributed by atoms with Crippen LogP contribution in [0.25, 0.3) is 55.8 Å². The summed E-state index contributed by atoms with van der Waals surface area (Å²) in [6.45, 7) is 3.87. The Labute approximate surface area is 204 Å². The Morgan fingerprint density at radius 2 is 1.06 bits per heavy atom. The summed E-state index contributed by atoms with van der Waals surface area (Å²) in [5.74, 6) is 0. The number of rotatable bonds is 4. The van der Waals surface area contributed by atoms with Crippen molar-refractivity contribution in [3.05, 3.63) is 132 Å². The molecule has 0 saturated heterocycles. The van der Waals surface area contributed by atoms with Gasteiger partial charge in [0.05, 0.1) is 11.0 Å². The summed E-state index contributed by atoms with van der Waals surface area (Å²) >= 11 is 6.13. The second-order valence-electron chi connectivity index (χ2n) is 8.47. The third-order valence-corrected chi connectivity index (χ3v) is 6.69. The molecule has 0 fully saturated rings. The average Bonchev–Trinajstić information content (AvgIpc) is 3.22. The molecule has 1 nitrogen and oxygen atoms in total. The molecule has 0 bridgehead atoms. The SMILES string of the molecule is C=Cc1ccc(-c2ccc3c(c2)c2cc(-c4ccc(Cl)cc4)ccc2n3-c2ccccc2)cc1. The monoisotopic (exact) mass is 455 g/mol. The molecule has 0 spiro atoms. The Kier molecular flexibility index (Phi) is 5.05. The lowest BCUT2D eigenvalue weighted by Gasteiger charge is -2.08. The first-order chi connectivity index (χ1) is 16.7. The van der Waals surface area contributed by atoms with Crippen LogP contribution in [-0.2, 0) is 0 Å². The van der Waals surface area contributed by atoms with Gasteiger partial charge in [0.25, 0.3) is 0 Å². The zero-order chi connectivity index (χ0) is 23.1. The highest BCUT2D eigenvalue weighted by molar-refractivity contribution is 6.30. The first-order valence-corrected chi connectivity index (χ1v) is 11.7. The quantitative estimate of drug-likeness (QED) is 0.249. The van der Waals surface area contributed by atoms with Gasteiger partial charge in [-0.1, -0.05) is 91.0 Å². The predicted octanol–water partition coefficient (Wildman–Crippen LogP) is 9.41. The summed E-state index contributed by atoms with van der Waals surface area (Å²) in [5.41, 5.74) is 9.40. The molecule has 6 rings (SSSR count). The van der Waals surface area contributed by atoms with Gasteiger partial charge in [-0.05, 0) is 76.3 Å². The molecule has 0 radical (unpaired) electrons. The van der Waals surface area contributed by atoms with Gasteiger partial charge in [0, 0.05) is 21.5 Å². The molecule has 1 aromatic heterocycles. The number of benzene rings is 5. The van der Waals surface area contributed by atoms with E-state index in [1.165, 1.54) is 38.5 Å². The van der Waals surface area contributed by atoms with Crippen molar-refractivity contribution in [2.45, 2.75) is 0 Å². The van der Waals surface area contributed by atoms with Gasteiger partial charge in [-0.25, -0.2) is 0 Å². The minimum Gasteiger partial charge on any atom is -0.309 e. The molecule has 2 heteroatoms. The fourth-order valence-corrected chi connectivity index (χ4v) is 4.82. The summed E-state index contributed by atoms with van der Waals surface area (Å²) in [5, 5.41) is 3.22. The van der Waals surface area contributed by atoms with Crippen molar-refractivity contribution in [1.82, 2.24) is 4.57 Å². The minimum absolute atomic E-state index is 0.748. The third-order valence-electron chi connectivity index (χ3n) is 6.44. The molecule has 0 atom stereocenters. The Hall–Kier alpha value is -4.07. The van der Waals surface area contributed by atoms with Crippen LogP contribution >= 0.6 is 11.6 Å². The molecule has 0 amide bonds. The second kappa shape index (κ2) is 8.37. The largest absolute Gasteiger partial charge is 0.309 e. The van der Waals surface area contributed by atoms with Gasteiger partial charge in [-0.15, -0.1) is 0 Å². The Morgan fingerprint density at radius 3 is 1.59 bits per heavy atom. The van der Waals surface area contributed by atoms with Crippen molar-refractivity contribution in [2.24, 2.45) is 0 Å². The fraction of sp³-hybridized carbons (Fsp3) is 0. The smallest absolute Gasteiger partial charge is 0.0541 e. The van der Waals surface area contributed by atoms with Gasteiger partial charge in [0.1, 0.15) is 0 Å². The molecule has 0 aliphatic rings. The first kappa shape index (κ1) is 20.5. The fourth-order valence-electron chi connectivity index (χ4n) is 4.69. The van der Waals surface area contributed by atoms with Crippen LogP contribution in [0.4, 0.5) is 0 Å². The molecule has 1 heterocycles. The Bertz CT molecular complexity index is 1640. The van der Waals surface area contributed by atoms with Crippen molar-refractivity contribution in [3.63, 3.8) is 0 Å². The summed E-state index contributed by atoms with van der Waals surface area (Å²) in [6.07, 6.45) is 1.87. The highest BCUT2D eigenvalue weighted by Crippen LogP contribution is 2.37. The van der Waals surface area contributed by atoms with Crippen LogP contribution in [0.15, 0.2) is 122 Å². The number of fused-ring (bicyclic) bond motifs is 3. The maximum absolute atomic E-state index is 6.13. The van der Waals surface area contributed by atoms with Gasteiger partial charge in [-0.2, -0.15) is 0 Å². The van der Waals surface area contributed by atoms with Crippen molar-refractivity contribution in [3.8, 4) is 27.9 Å². The van der Waals surface area contributed by atoms with E-state index in [2.05, 4.69) is 114 Å². The lowest BCUT2D eigenvalue weighted by Crippen LogP contribution is -1.93. The van der Waals surface area contributed by atoms with Crippen molar-refractivity contribution >= 4 is 39.5 Å². The summed E-state index contributed by atoms with van der Waals surface area (Å²) in [7, 11) is 0. The van der Waals surface area contributed by atoms with Crippen molar-refractivity contribution in [2.75, 3.05) is 0 Å². The molecule has 162 valence electrons. The molecule has 5 aromatic carbocycles. The van der Waals surface area contributed by atoms with Crippen LogP contribution in [0.1, 0.15) is 5.56 Å². The van der Waals surface area contributed by atoms with E-state index < -0.39 is 0 Å². The van der Waals surface area contributed by atoms with Crippen molar-refractivity contribution < 1.29 is 0 Å². The molecule has 0 N–H and O–H groups in total. The highest BCUT2D eigenvalue weighted by Gasteiger charge is 2.14. The van der Waals surface area contributed by atoms with Crippen LogP contribution in [0.2, 0.25) is 5.02 Å². The van der Waals surface area contributed by atoms with Gasteiger partial charge in [0.15, 0.2) is 0 Å². The van der Waals surface area contributed by atoms with Crippen LogP contribution in [0.5, 0.6) is 0 Å². The summed E-state index contributed by atoms with van der Waals surface area (Å²) in [4.78, 5) is 0. The standard InChI is InChI=1S/C32H22ClN/c1-2-22-8-10-23(11-9-22)25-14-18-31-29(20-25)30-21-26(24-12-16-27(33)17-13-24)15-19-32(30)34(31)28-6-4-3-5-7-28/h2-21H,1H2. The maximum Gasteiger partial charge on any atom is 0.0541 e. The molecular formula is C32H22ClN. The van der Waals surface area contributed by atoms with Crippen LogP contribution < -0.4 is 0 Å². The van der Waals surface area contributed by atoms with Gasteiger partial charge in [-0.3, -0.25) is 0 Å². The number of hydrogen-bond acceptors (Lipinski definition) is 0. The normalized spacial score (nSPS) is 11.2. The Morgan fingerprint density at radius 1 is 0.559 bits per heavy atom. The number of para-hydroxylation sites is 1.